The zero-order valence-corrected chi connectivity index (χ0v) is 13.5. The number of ketones is 1. The molecule has 2 atom stereocenters. The quantitative estimate of drug-likeness (QED) is 0.633. The zero-order valence-electron chi connectivity index (χ0n) is 13.5. The Labute approximate surface area is 131 Å². The topological polar surface area (TPSA) is 46.6 Å². The van der Waals surface area contributed by atoms with Gasteiger partial charge in [0.25, 0.3) is 0 Å². The number of carbonyl (C=O) groups excluding carboxylic acids is 2. The molecule has 1 aliphatic carbocycles. The Morgan fingerprint density at radius 3 is 2.50 bits per heavy atom. The molecule has 1 aliphatic rings. The fourth-order valence-electron chi connectivity index (χ4n) is 3.32. The summed E-state index contributed by atoms with van der Waals surface area (Å²) in [7, 11) is 5.35. The van der Waals surface area contributed by atoms with Crippen LogP contribution < -0.4 is 0 Å². The van der Waals surface area contributed by atoms with Crippen molar-refractivity contribution in [2.24, 2.45) is 5.92 Å². The Hall–Kier alpha value is -1.94. The highest BCUT2D eigenvalue weighted by atomic mass is 16.5. The van der Waals surface area contributed by atoms with Crippen molar-refractivity contribution in [3.63, 3.8) is 0 Å². The van der Waals surface area contributed by atoms with E-state index < -0.39 is 11.9 Å². The summed E-state index contributed by atoms with van der Waals surface area (Å²) >= 11 is 0. The highest BCUT2D eigenvalue weighted by molar-refractivity contribution is 5.97. The SMILES string of the molecule is C=C(C(=O)OC)C1CC(c2ccccc2)(N(C)C)CCC1=O. The summed E-state index contributed by atoms with van der Waals surface area (Å²) < 4.78 is 4.74. The van der Waals surface area contributed by atoms with Gasteiger partial charge in [-0.2, -0.15) is 0 Å². The smallest absolute Gasteiger partial charge is 0.333 e. The molecular weight excluding hydrogens is 278 g/mol. The molecule has 0 saturated heterocycles. The van der Waals surface area contributed by atoms with Gasteiger partial charge in [-0.25, -0.2) is 4.79 Å². The number of methoxy groups -OCH3 is 1. The van der Waals surface area contributed by atoms with Gasteiger partial charge in [0, 0.05) is 17.5 Å². The Bertz CT molecular complexity index is 579. The maximum atomic E-state index is 12.3. The van der Waals surface area contributed by atoms with Gasteiger partial charge in [0.2, 0.25) is 0 Å². The molecule has 118 valence electrons. The van der Waals surface area contributed by atoms with Crippen molar-refractivity contribution < 1.29 is 14.3 Å². The average Bonchev–Trinajstić information content (AvgIpc) is 2.54. The van der Waals surface area contributed by atoms with Crippen molar-refractivity contribution in [3.05, 3.63) is 48.0 Å². The standard InChI is InChI=1S/C18H23NO3/c1-13(17(21)22-4)15-12-18(19(2)3,11-10-16(15)20)14-8-6-5-7-9-14/h5-9,15H,1,10-12H2,2-4H3. The summed E-state index contributed by atoms with van der Waals surface area (Å²) in [5, 5.41) is 0. The molecule has 0 aromatic heterocycles. The van der Waals surface area contributed by atoms with E-state index in [1.54, 1.807) is 0 Å². The minimum Gasteiger partial charge on any atom is -0.466 e. The van der Waals surface area contributed by atoms with Crippen LogP contribution in [0.5, 0.6) is 0 Å². The van der Waals surface area contributed by atoms with Crippen LogP contribution in [0, 0.1) is 5.92 Å². The number of rotatable bonds is 4. The van der Waals surface area contributed by atoms with Crippen molar-refractivity contribution in [2.45, 2.75) is 24.8 Å². The number of Topliss-reactive ketones (excluding diaryl/α,β-unsaturated/α-hetero) is 1. The lowest BCUT2D eigenvalue weighted by Crippen LogP contribution is -2.48. The third-order valence-corrected chi connectivity index (χ3v) is 4.75. The van der Waals surface area contributed by atoms with E-state index in [9.17, 15) is 9.59 Å². The fraction of sp³-hybridized carbons (Fsp3) is 0.444. The second kappa shape index (κ2) is 6.44. The number of benzene rings is 1. The first-order valence-electron chi connectivity index (χ1n) is 7.45. The molecule has 1 fully saturated rings. The third kappa shape index (κ3) is 2.83. The van der Waals surface area contributed by atoms with Crippen molar-refractivity contribution >= 4 is 11.8 Å². The molecule has 0 aliphatic heterocycles. The molecule has 0 heterocycles. The van der Waals surface area contributed by atoms with Gasteiger partial charge in [-0.3, -0.25) is 9.69 Å². The summed E-state index contributed by atoms with van der Waals surface area (Å²) in [4.78, 5) is 26.2. The van der Waals surface area contributed by atoms with E-state index in [0.717, 1.165) is 12.0 Å². The molecule has 1 aromatic carbocycles. The lowest BCUT2D eigenvalue weighted by molar-refractivity contribution is -0.139. The van der Waals surface area contributed by atoms with Gasteiger partial charge < -0.3 is 4.74 Å². The first kappa shape index (κ1) is 16.4. The molecule has 4 heteroatoms. The number of hydrogen-bond acceptors (Lipinski definition) is 4. The van der Waals surface area contributed by atoms with E-state index in [2.05, 4.69) is 23.6 Å². The molecule has 0 amide bonds. The number of ether oxygens (including phenoxy) is 1. The van der Waals surface area contributed by atoms with Crippen LogP contribution in [0.1, 0.15) is 24.8 Å². The normalized spacial score (nSPS) is 25.1. The molecular formula is C18H23NO3. The summed E-state index contributed by atoms with van der Waals surface area (Å²) in [6.45, 7) is 3.80. The molecule has 0 bridgehead atoms. The average molecular weight is 301 g/mol. The number of esters is 1. The maximum absolute atomic E-state index is 12.3. The van der Waals surface area contributed by atoms with Gasteiger partial charge in [-0.05, 0) is 32.5 Å². The summed E-state index contributed by atoms with van der Waals surface area (Å²) in [5.41, 5.74) is 1.15. The molecule has 22 heavy (non-hydrogen) atoms. The Balaban J connectivity index is 2.39. The largest absolute Gasteiger partial charge is 0.466 e. The summed E-state index contributed by atoms with van der Waals surface area (Å²) in [6.07, 6.45) is 1.73. The number of carbonyl (C=O) groups is 2. The van der Waals surface area contributed by atoms with Gasteiger partial charge in [0.15, 0.2) is 0 Å². The zero-order chi connectivity index (χ0) is 16.3. The first-order valence-corrected chi connectivity index (χ1v) is 7.45. The fourth-order valence-corrected chi connectivity index (χ4v) is 3.32. The highest BCUT2D eigenvalue weighted by Crippen LogP contribution is 2.44. The van der Waals surface area contributed by atoms with Crippen LogP contribution in [0.2, 0.25) is 0 Å². The van der Waals surface area contributed by atoms with E-state index in [4.69, 9.17) is 4.74 Å². The van der Waals surface area contributed by atoms with Crippen LogP contribution in [-0.2, 0) is 19.9 Å². The molecule has 4 nitrogen and oxygen atoms in total. The lowest BCUT2D eigenvalue weighted by atomic mass is 9.68. The van der Waals surface area contributed by atoms with Gasteiger partial charge in [0.05, 0.1) is 13.0 Å². The highest BCUT2D eigenvalue weighted by Gasteiger charge is 2.45. The number of hydrogen-bond donors (Lipinski definition) is 0. The second-order valence-corrected chi connectivity index (χ2v) is 6.03. The third-order valence-electron chi connectivity index (χ3n) is 4.75. The molecule has 0 spiro atoms. The van der Waals surface area contributed by atoms with Gasteiger partial charge in [-0.15, -0.1) is 0 Å². The van der Waals surface area contributed by atoms with Gasteiger partial charge >= 0.3 is 5.97 Å². The molecule has 2 rings (SSSR count). The van der Waals surface area contributed by atoms with Crippen LogP contribution >= 0.6 is 0 Å². The van der Waals surface area contributed by atoms with Crippen LogP contribution in [0.4, 0.5) is 0 Å². The van der Waals surface area contributed by atoms with E-state index in [-0.39, 0.29) is 16.9 Å². The predicted octanol–water partition coefficient (Wildman–Crippen LogP) is 2.54. The molecule has 2 unspecified atom stereocenters. The van der Waals surface area contributed by atoms with Crippen LogP contribution in [0.15, 0.2) is 42.5 Å². The van der Waals surface area contributed by atoms with Crippen molar-refractivity contribution in [1.82, 2.24) is 4.90 Å². The Morgan fingerprint density at radius 1 is 1.32 bits per heavy atom. The molecule has 0 radical (unpaired) electrons. The molecule has 1 aromatic rings. The Morgan fingerprint density at radius 2 is 1.95 bits per heavy atom. The van der Waals surface area contributed by atoms with E-state index in [1.807, 2.05) is 32.3 Å². The Kier molecular flexibility index (Phi) is 4.81. The monoisotopic (exact) mass is 301 g/mol. The first-order chi connectivity index (χ1) is 10.4. The molecule has 1 saturated carbocycles. The van der Waals surface area contributed by atoms with E-state index >= 15 is 0 Å². The van der Waals surface area contributed by atoms with E-state index in [1.165, 1.54) is 7.11 Å². The summed E-state index contributed by atoms with van der Waals surface area (Å²) in [5.74, 6) is -0.909. The van der Waals surface area contributed by atoms with Crippen LogP contribution in [-0.4, -0.2) is 37.9 Å². The van der Waals surface area contributed by atoms with Crippen molar-refractivity contribution in [2.75, 3.05) is 21.2 Å². The second-order valence-electron chi connectivity index (χ2n) is 6.03. The van der Waals surface area contributed by atoms with E-state index in [0.29, 0.717) is 12.8 Å². The minimum absolute atomic E-state index is 0.0730. The van der Waals surface area contributed by atoms with Crippen LogP contribution in [0.3, 0.4) is 0 Å². The maximum Gasteiger partial charge on any atom is 0.333 e. The summed E-state index contributed by atoms with van der Waals surface area (Å²) in [6, 6.07) is 10.1. The molecule has 0 N–H and O–H groups in total. The van der Waals surface area contributed by atoms with Gasteiger partial charge in [0.1, 0.15) is 5.78 Å². The van der Waals surface area contributed by atoms with Crippen LogP contribution in [0.25, 0.3) is 0 Å². The van der Waals surface area contributed by atoms with Crippen molar-refractivity contribution in [1.29, 1.82) is 0 Å². The van der Waals surface area contributed by atoms with Crippen molar-refractivity contribution in [3.8, 4) is 0 Å². The number of nitrogens with zero attached hydrogens (tertiary/aromatic N) is 1. The minimum atomic E-state index is -0.499. The lowest BCUT2D eigenvalue weighted by Gasteiger charge is -2.45. The predicted molar refractivity (Wildman–Crippen MR) is 85.3 cm³/mol. The van der Waals surface area contributed by atoms with Gasteiger partial charge in [-0.1, -0.05) is 36.9 Å².